The maximum absolute atomic E-state index is 11.1. The quantitative estimate of drug-likeness (QED) is 0.438. The number of aromatic amines is 1. The van der Waals surface area contributed by atoms with Crippen LogP contribution in [0.3, 0.4) is 0 Å². The molecule has 0 radical (unpaired) electrons. The zero-order chi connectivity index (χ0) is 12.3. The van der Waals surface area contributed by atoms with Gasteiger partial charge in [0.15, 0.2) is 0 Å². The van der Waals surface area contributed by atoms with E-state index in [2.05, 4.69) is 14.8 Å². The van der Waals surface area contributed by atoms with Crippen LogP contribution in [-0.4, -0.2) is 39.2 Å². The van der Waals surface area contributed by atoms with Crippen LogP contribution in [0.2, 0.25) is 0 Å². The van der Waals surface area contributed by atoms with Gasteiger partial charge in [-0.25, -0.2) is 14.6 Å². The molecular weight excluding hydrogens is 224 g/mol. The van der Waals surface area contributed by atoms with Gasteiger partial charge in [-0.1, -0.05) is 0 Å². The van der Waals surface area contributed by atoms with Crippen LogP contribution in [0, 0.1) is 0 Å². The van der Waals surface area contributed by atoms with E-state index in [1.807, 2.05) is 0 Å². The Kier molecular flexibility index (Phi) is 3.20. The molecule has 0 aliphatic carbocycles. The van der Waals surface area contributed by atoms with Crippen LogP contribution in [0.5, 0.6) is 5.75 Å². The molecule has 0 spiro atoms. The lowest BCUT2D eigenvalue weighted by Crippen LogP contribution is -2.20. The molecule has 0 saturated carbocycles. The second kappa shape index (κ2) is 4.40. The van der Waals surface area contributed by atoms with E-state index in [4.69, 9.17) is 10.2 Å². The van der Waals surface area contributed by atoms with Gasteiger partial charge in [0, 0.05) is 0 Å². The van der Waals surface area contributed by atoms with Crippen LogP contribution in [0.1, 0.15) is 21.1 Å². The molecule has 3 N–H and O–H groups in total. The highest BCUT2D eigenvalue weighted by Gasteiger charge is 2.22. The van der Waals surface area contributed by atoms with Crippen molar-refractivity contribution < 1.29 is 29.6 Å². The van der Waals surface area contributed by atoms with Crippen molar-refractivity contribution >= 4 is 11.9 Å². The third-order valence-corrected chi connectivity index (χ3v) is 1.45. The number of carbonyl (C=O) groups is 2. The molecule has 0 aliphatic heterocycles. The van der Waals surface area contributed by atoms with Crippen molar-refractivity contribution in [3.05, 3.63) is 21.9 Å². The third-order valence-electron chi connectivity index (χ3n) is 1.45. The van der Waals surface area contributed by atoms with Gasteiger partial charge in [0.2, 0.25) is 17.3 Å². The lowest BCUT2D eigenvalue weighted by atomic mass is 10.3. The van der Waals surface area contributed by atoms with Gasteiger partial charge in [-0.15, -0.1) is 0 Å². The first kappa shape index (κ1) is 11.7. The number of hydrogen-bond acceptors (Lipinski definition) is 7. The summed E-state index contributed by atoms with van der Waals surface area (Å²) in [6.07, 6.45) is 0. The summed E-state index contributed by atoms with van der Waals surface area (Å²) in [6.45, 7) is 0. The van der Waals surface area contributed by atoms with Crippen LogP contribution in [0.25, 0.3) is 0 Å². The molecule has 0 saturated heterocycles. The molecule has 0 atom stereocenters. The number of rotatable bonds is 3. The minimum Gasteiger partial charge on any atom is -0.501 e. The van der Waals surface area contributed by atoms with Crippen LogP contribution < -0.4 is 5.56 Å². The minimum absolute atomic E-state index is 0.800. The predicted octanol–water partition coefficient (Wildman–Crippen LogP) is -1.11. The molecular formula is C7H6N2O7. The van der Waals surface area contributed by atoms with Gasteiger partial charge in [0.25, 0.3) is 5.56 Å². The van der Waals surface area contributed by atoms with Crippen molar-refractivity contribution in [1.29, 1.82) is 0 Å². The largest absolute Gasteiger partial charge is 0.501 e. The second-order valence-electron chi connectivity index (χ2n) is 2.45. The number of aromatic carboxylic acids is 1. The van der Waals surface area contributed by atoms with Crippen molar-refractivity contribution in [2.45, 2.75) is 0 Å². The Balaban J connectivity index is 3.32. The highest BCUT2D eigenvalue weighted by Crippen LogP contribution is 2.09. The summed E-state index contributed by atoms with van der Waals surface area (Å²) in [5.41, 5.74) is -2.02. The van der Waals surface area contributed by atoms with Crippen LogP contribution >= 0.6 is 0 Å². The molecule has 9 nitrogen and oxygen atoms in total. The first-order valence-corrected chi connectivity index (χ1v) is 3.79. The number of hydrogen-bond donors (Lipinski definition) is 3. The fourth-order valence-corrected chi connectivity index (χ4v) is 0.826. The van der Waals surface area contributed by atoms with Gasteiger partial charge >= 0.3 is 11.9 Å². The van der Waals surface area contributed by atoms with Crippen molar-refractivity contribution in [3.63, 3.8) is 0 Å². The van der Waals surface area contributed by atoms with Gasteiger partial charge in [0.05, 0.1) is 7.11 Å². The fraction of sp³-hybridized carbons (Fsp3) is 0.143. The number of nitrogens with zero attached hydrogens (tertiary/aromatic N) is 1. The van der Waals surface area contributed by atoms with Crippen LogP contribution in [0.4, 0.5) is 0 Å². The monoisotopic (exact) mass is 230 g/mol. The Morgan fingerprint density at radius 3 is 2.56 bits per heavy atom. The van der Waals surface area contributed by atoms with E-state index in [9.17, 15) is 14.4 Å². The Morgan fingerprint density at radius 2 is 2.06 bits per heavy atom. The fourth-order valence-electron chi connectivity index (χ4n) is 0.826. The number of carboxylic acids is 1. The van der Waals surface area contributed by atoms with Crippen molar-refractivity contribution in [3.8, 4) is 5.75 Å². The third kappa shape index (κ3) is 2.15. The lowest BCUT2D eigenvalue weighted by Gasteiger charge is -2.02. The molecule has 16 heavy (non-hydrogen) atoms. The molecule has 9 heteroatoms. The maximum atomic E-state index is 11.1. The topological polar surface area (TPSA) is 139 Å². The van der Waals surface area contributed by atoms with E-state index in [0.29, 0.717) is 0 Å². The second-order valence-corrected chi connectivity index (χ2v) is 2.45. The molecule has 1 heterocycles. The van der Waals surface area contributed by atoms with Crippen LogP contribution in [-0.2, 0) is 9.78 Å². The van der Waals surface area contributed by atoms with E-state index in [-0.39, 0.29) is 0 Å². The first-order chi connectivity index (χ1) is 7.47. The van der Waals surface area contributed by atoms with E-state index >= 15 is 0 Å². The van der Waals surface area contributed by atoms with E-state index in [0.717, 1.165) is 7.11 Å². The predicted molar refractivity (Wildman–Crippen MR) is 45.9 cm³/mol. The Bertz CT molecular complexity index is 492. The number of H-pyrrole nitrogens is 1. The van der Waals surface area contributed by atoms with Crippen LogP contribution in [0.15, 0.2) is 4.79 Å². The molecule has 0 aromatic carbocycles. The summed E-state index contributed by atoms with van der Waals surface area (Å²) in [4.78, 5) is 45.5. The van der Waals surface area contributed by atoms with Gasteiger partial charge in [-0.05, 0) is 0 Å². The molecule has 0 fully saturated rings. The zero-order valence-electron chi connectivity index (χ0n) is 7.88. The summed E-state index contributed by atoms with van der Waals surface area (Å²) in [5.74, 6) is -4.70. The van der Waals surface area contributed by atoms with E-state index in [1.54, 1.807) is 4.98 Å². The maximum Gasteiger partial charge on any atom is 0.395 e. The van der Waals surface area contributed by atoms with Gasteiger partial charge in [0.1, 0.15) is 0 Å². The SMILES string of the molecule is COOC(=O)c1nc(C(=O)O)[nH]c(=O)c1O. The highest BCUT2D eigenvalue weighted by molar-refractivity contribution is 5.91. The zero-order valence-corrected chi connectivity index (χ0v) is 7.88. The molecule has 0 amide bonds. The van der Waals surface area contributed by atoms with Gasteiger partial charge in [-0.2, -0.15) is 4.89 Å². The molecule has 1 aromatic heterocycles. The van der Waals surface area contributed by atoms with E-state index < -0.39 is 34.8 Å². The number of carboxylic acid groups (broad SMARTS) is 1. The normalized spacial score (nSPS) is 9.81. The average molecular weight is 230 g/mol. The molecule has 0 aliphatic rings. The van der Waals surface area contributed by atoms with Crippen molar-refractivity contribution in [1.82, 2.24) is 9.97 Å². The van der Waals surface area contributed by atoms with Crippen molar-refractivity contribution in [2.24, 2.45) is 0 Å². The lowest BCUT2D eigenvalue weighted by molar-refractivity contribution is -0.216. The Labute approximate surface area is 87.2 Å². The van der Waals surface area contributed by atoms with Crippen molar-refractivity contribution in [2.75, 3.05) is 7.11 Å². The molecule has 0 unspecified atom stereocenters. The molecule has 0 bridgehead atoms. The summed E-state index contributed by atoms with van der Waals surface area (Å²) in [5, 5.41) is 17.7. The average Bonchev–Trinajstić information content (AvgIpc) is 2.21. The Hall–Kier alpha value is -2.42. The number of aromatic hydroxyl groups is 1. The smallest absolute Gasteiger partial charge is 0.395 e. The summed E-state index contributed by atoms with van der Waals surface area (Å²) < 4.78 is 0. The van der Waals surface area contributed by atoms with Gasteiger partial charge < -0.3 is 10.2 Å². The van der Waals surface area contributed by atoms with Gasteiger partial charge in [-0.3, -0.25) is 14.7 Å². The standard InChI is InChI=1S/C7H6N2O7/c1-15-16-7(14)2-3(10)5(11)9-4(8-2)6(12)13/h10H,1H3,(H,12,13)(H,8,9,11). The first-order valence-electron chi connectivity index (χ1n) is 3.79. The summed E-state index contributed by atoms with van der Waals surface area (Å²) in [7, 11) is 1.01. The molecule has 1 rings (SSSR count). The molecule has 86 valence electrons. The minimum atomic E-state index is -1.57. The Morgan fingerprint density at radius 1 is 1.44 bits per heavy atom. The number of carbonyl (C=O) groups excluding carboxylic acids is 1. The summed E-state index contributed by atoms with van der Waals surface area (Å²) >= 11 is 0. The number of nitrogens with one attached hydrogen (secondary N) is 1. The molecule has 1 aromatic rings. The van der Waals surface area contributed by atoms with E-state index in [1.165, 1.54) is 0 Å². The number of aromatic nitrogens is 2. The highest BCUT2D eigenvalue weighted by atomic mass is 17.2. The summed E-state index contributed by atoms with van der Waals surface area (Å²) in [6, 6.07) is 0.